The first kappa shape index (κ1) is 12.4. The van der Waals surface area contributed by atoms with Crippen molar-refractivity contribution in [3.63, 3.8) is 0 Å². The Labute approximate surface area is 105 Å². The van der Waals surface area contributed by atoms with Gasteiger partial charge in [0.2, 0.25) is 5.89 Å². The van der Waals surface area contributed by atoms with Crippen LogP contribution in [-0.4, -0.2) is 23.9 Å². The lowest BCUT2D eigenvalue weighted by atomic mass is 10.2. The summed E-state index contributed by atoms with van der Waals surface area (Å²) in [7, 11) is 1.64. The van der Waals surface area contributed by atoms with Gasteiger partial charge in [-0.25, -0.2) is 0 Å². The second-order valence-electron chi connectivity index (χ2n) is 3.74. The average Bonchev–Trinajstić information content (AvgIpc) is 2.85. The fourth-order valence-corrected chi connectivity index (χ4v) is 1.47. The van der Waals surface area contributed by atoms with E-state index in [1.54, 1.807) is 7.11 Å². The zero-order valence-electron chi connectivity index (χ0n) is 10.2. The smallest absolute Gasteiger partial charge is 0.315 e. The van der Waals surface area contributed by atoms with Crippen molar-refractivity contribution in [3.8, 4) is 5.75 Å². The third-order valence-corrected chi connectivity index (χ3v) is 2.43. The van der Waals surface area contributed by atoms with E-state index in [4.69, 9.17) is 14.9 Å². The molecule has 2 rings (SSSR count). The molecule has 0 saturated carbocycles. The monoisotopic (exact) mass is 248 g/mol. The molecule has 0 unspecified atom stereocenters. The van der Waals surface area contributed by atoms with E-state index in [-0.39, 0.29) is 0 Å². The van der Waals surface area contributed by atoms with Gasteiger partial charge in [-0.1, -0.05) is 17.2 Å². The summed E-state index contributed by atoms with van der Waals surface area (Å²) in [5, 5.41) is 10.8. The lowest BCUT2D eigenvalue weighted by molar-refractivity contribution is 0.414. The van der Waals surface area contributed by atoms with E-state index >= 15 is 0 Å². The predicted molar refractivity (Wildman–Crippen MR) is 67.4 cm³/mol. The summed E-state index contributed by atoms with van der Waals surface area (Å²) in [6, 6.07) is 8.18. The molecule has 6 nitrogen and oxygen atoms in total. The van der Waals surface area contributed by atoms with Crippen molar-refractivity contribution in [1.29, 1.82) is 0 Å². The van der Waals surface area contributed by atoms with E-state index in [0.717, 1.165) is 11.3 Å². The maximum absolute atomic E-state index is 5.40. The number of aromatic nitrogens is 2. The summed E-state index contributed by atoms with van der Waals surface area (Å²) >= 11 is 0. The van der Waals surface area contributed by atoms with Crippen LogP contribution in [0.4, 0.5) is 6.01 Å². The van der Waals surface area contributed by atoms with Crippen LogP contribution in [-0.2, 0) is 13.0 Å². The molecule has 0 fully saturated rings. The van der Waals surface area contributed by atoms with Gasteiger partial charge in [0.15, 0.2) is 0 Å². The molecule has 3 N–H and O–H groups in total. The van der Waals surface area contributed by atoms with Crippen molar-refractivity contribution in [2.24, 2.45) is 5.73 Å². The number of anilines is 1. The van der Waals surface area contributed by atoms with Gasteiger partial charge in [-0.3, -0.25) is 0 Å². The molecule has 6 heteroatoms. The van der Waals surface area contributed by atoms with E-state index in [9.17, 15) is 0 Å². The number of nitrogens with zero attached hydrogens (tertiary/aromatic N) is 2. The van der Waals surface area contributed by atoms with Crippen molar-refractivity contribution in [2.75, 3.05) is 19.0 Å². The summed E-state index contributed by atoms with van der Waals surface area (Å²) < 4.78 is 10.4. The second kappa shape index (κ2) is 6.02. The Kier molecular flexibility index (Phi) is 4.14. The fourth-order valence-electron chi connectivity index (χ4n) is 1.47. The van der Waals surface area contributed by atoms with Gasteiger partial charge in [-0.15, -0.1) is 5.10 Å². The third-order valence-electron chi connectivity index (χ3n) is 2.43. The molecule has 0 amide bonds. The first-order valence-electron chi connectivity index (χ1n) is 5.71. The van der Waals surface area contributed by atoms with E-state index < -0.39 is 0 Å². The Hall–Kier alpha value is -2.08. The van der Waals surface area contributed by atoms with Gasteiger partial charge in [0.05, 0.1) is 7.11 Å². The van der Waals surface area contributed by atoms with Gasteiger partial charge in [0.25, 0.3) is 0 Å². The van der Waals surface area contributed by atoms with E-state index in [1.807, 2.05) is 24.3 Å². The number of hydrogen-bond acceptors (Lipinski definition) is 6. The molecule has 0 atom stereocenters. The lowest BCUT2D eigenvalue weighted by Gasteiger charge is -2.03. The van der Waals surface area contributed by atoms with Gasteiger partial charge >= 0.3 is 6.01 Å². The Morgan fingerprint density at radius 1 is 1.28 bits per heavy atom. The van der Waals surface area contributed by atoms with Crippen LogP contribution >= 0.6 is 0 Å². The highest BCUT2D eigenvalue weighted by Gasteiger charge is 2.04. The Morgan fingerprint density at radius 2 is 2.06 bits per heavy atom. The molecule has 0 spiro atoms. The minimum atomic E-state index is 0.411. The van der Waals surface area contributed by atoms with Crippen LogP contribution in [0.1, 0.15) is 11.5 Å². The maximum atomic E-state index is 5.40. The minimum absolute atomic E-state index is 0.411. The molecule has 0 bridgehead atoms. The molecule has 1 aromatic heterocycles. The number of nitrogens with two attached hydrogens (primary N) is 1. The van der Waals surface area contributed by atoms with Gasteiger partial charge in [0.1, 0.15) is 5.75 Å². The molecule has 1 aromatic carbocycles. The van der Waals surface area contributed by atoms with Gasteiger partial charge < -0.3 is 20.2 Å². The zero-order chi connectivity index (χ0) is 12.8. The molecular weight excluding hydrogens is 232 g/mol. The summed E-state index contributed by atoms with van der Waals surface area (Å²) in [6.45, 7) is 1.12. The minimum Gasteiger partial charge on any atom is -0.497 e. The highest BCUT2D eigenvalue weighted by molar-refractivity contribution is 5.29. The maximum Gasteiger partial charge on any atom is 0.315 e. The fraction of sp³-hybridized carbons (Fsp3) is 0.333. The highest BCUT2D eigenvalue weighted by Crippen LogP contribution is 2.13. The molecule has 0 aliphatic heterocycles. The summed E-state index contributed by atoms with van der Waals surface area (Å²) in [5.41, 5.74) is 6.51. The number of hydrogen-bond donors (Lipinski definition) is 2. The summed E-state index contributed by atoms with van der Waals surface area (Å²) in [5.74, 6) is 1.39. The van der Waals surface area contributed by atoms with Crippen LogP contribution in [0, 0.1) is 0 Å². The first-order valence-corrected chi connectivity index (χ1v) is 5.71. The second-order valence-corrected chi connectivity index (χ2v) is 3.74. The van der Waals surface area contributed by atoms with Crippen LogP contribution in [0.3, 0.4) is 0 Å². The van der Waals surface area contributed by atoms with E-state index in [1.165, 1.54) is 0 Å². The topological polar surface area (TPSA) is 86.2 Å². The molecule has 18 heavy (non-hydrogen) atoms. The van der Waals surface area contributed by atoms with E-state index in [2.05, 4.69) is 15.5 Å². The van der Waals surface area contributed by atoms with Gasteiger partial charge in [0, 0.05) is 19.5 Å². The van der Waals surface area contributed by atoms with Gasteiger partial charge in [-0.2, -0.15) is 0 Å². The molecule has 0 radical (unpaired) electrons. The molecule has 96 valence electrons. The number of methoxy groups -OCH3 is 1. The zero-order valence-corrected chi connectivity index (χ0v) is 10.2. The molecule has 0 aliphatic carbocycles. The Morgan fingerprint density at radius 3 is 2.72 bits per heavy atom. The van der Waals surface area contributed by atoms with Crippen molar-refractivity contribution in [2.45, 2.75) is 13.0 Å². The van der Waals surface area contributed by atoms with Crippen LogP contribution < -0.4 is 15.8 Å². The first-order chi connectivity index (χ1) is 8.81. The van der Waals surface area contributed by atoms with Crippen molar-refractivity contribution < 1.29 is 9.15 Å². The number of rotatable bonds is 6. The third kappa shape index (κ3) is 3.21. The predicted octanol–water partition coefficient (Wildman–Crippen LogP) is 1.19. The van der Waals surface area contributed by atoms with Crippen LogP contribution in [0.2, 0.25) is 0 Å². The number of benzene rings is 1. The van der Waals surface area contributed by atoms with Crippen LogP contribution in [0.15, 0.2) is 28.7 Å². The molecule has 0 saturated heterocycles. The summed E-state index contributed by atoms with van der Waals surface area (Å²) in [6.07, 6.45) is 0.594. The summed E-state index contributed by atoms with van der Waals surface area (Å²) in [4.78, 5) is 0. The Balaban J connectivity index is 1.89. The number of ether oxygens (including phenoxy) is 1. The average molecular weight is 248 g/mol. The molecule has 0 aliphatic rings. The Bertz CT molecular complexity index is 481. The standard InChI is InChI=1S/C12H16N4O2/c1-17-10-4-2-9(3-5-10)8-14-12-16-15-11(18-12)6-7-13/h2-5H,6-8,13H2,1H3,(H,14,16). The van der Waals surface area contributed by atoms with Crippen LogP contribution in [0.5, 0.6) is 5.75 Å². The molecule has 2 aromatic rings. The SMILES string of the molecule is COc1ccc(CNc2nnc(CCN)o2)cc1. The van der Waals surface area contributed by atoms with Crippen LogP contribution in [0.25, 0.3) is 0 Å². The molecule has 1 heterocycles. The quantitative estimate of drug-likeness (QED) is 0.798. The number of nitrogens with one attached hydrogen (secondary N) is 1. The largest absolute Gasteiger partial charge is 0.497 e. The molecular formula is C12H16N4O2. The van der Waals surface area contributed by atoms with E-state index in [0.29, 0.717) is 31.4 Å². The normalized spacial score (nSPS) is 10.3. The van der Waals surface area contributed by atoms with Crippen molar-refractivity contribution >= 4 is 6.01 Å². The van der Waals surface area contributed by atoms with Crippen molar-refractivity contribution in [1.82, 2.24) is 10.2 Å². The lowest BCUT2D eigenvalue weighted by Crippen LogP contribution is -2.02. The van der Waals surface area contributed by atoms with Crippen molar-refractivity contribution in [3.05, 3.63) is 35.7 Å². The highest BCUT2D eigenvalue weighted by atomic mass is 16.5. The van der Waals surface area contributed by atoms with Gasteiger partial charge in [-0.05, 0) is 17.7 Å².